The van der Waals surface area contributed by atoms with Gasteiger partial charge in [-0.2, -0.15) is 0 Å². The van der Waals surface area contributed by atoms with Crippen molar-refractivity contribution in [3.8, 4) is 0 Å². The first kappa shape index (κ1) is 17.6. The number of amides is 2. The maximum Gasteiger partial charge on any atom is 0.410 e. The Morgan fingerprint density at radius 1 is 1.05 bits per heavy atom. The largest absolute Gasteiger partial charge is 0.444 e. The zero-order valence-corrected chi connectivity index (χ0v) is 13.6. The van der Waals surface area contributed by atoms with Gasteiger partial charge in [-0.15, -0.1) is 0 Å². The van der Waals surface area contributed by atoms with E-state index in [0.717, 1.165) is 0 Å². The number of hydrogen-bond acceptors (Lipinski definition) is 5. The van der Waals surface area contributed by atoms with E-state index in [4.69, 9.17) is 9.47 Å². The minimum Gasteiger partial charge on any atom is -0.444 e. The van der Waals surface area contributed by atoms with Crippen molar-refractivity contribution < 1.29 is 24.2 Å². The average Bonchev–Trinajstić information content (AvgIpc) is 2.54. The van der Waals surface area contributed by atoms with Crippen molar-refractivity contribution in [2.24, 2.45) is 0 Å². The average molecular weight is 302 g/mol. The molecule has 2 N–H and O–H groups in total. The second-order valence-electron chi connectivity index (χ2n) is 7.21. The molecule has 1 heterocycles. The molecule has 7 nitrogen and oxygen atoms in total. The van der Waals surface area contributed by atoms with E-state index in [9.17, 15) is 14.7 Å². The van der Waals surface area contributed by atoms with E-state index in [1.54, 1.807) is 41.5 Å². The second kappa shape index (κ2) is 6.09. The summed E-state index contributed by atoms with van der Waals surface area (Å²) in [7, 11) is 0. The maximum absolute atomic E-state index is 11.9. The van der Waals surface area contributed by atoms with E-state index in [2.05, 4.69) is 5.32 Å². The molecule has 0 bridgehead atoms. The molecule has 1 aliphatic rings. The van der Waals surface area contributed by atoms with Crippen LogP contribution in [-0.2, 0) is 9.47 Å². The highest BCUT2D eigenvalue weighted by Crippen LogP contribution is 2.16. The van der Waals surface area contributed by atoms with Crippen LogP contribution in [0.2, 0.25) is 0 Å². The summed E-state index contributed by atoms with van der Waals surface area (Å²) in [4.78, 5) is 25.0. The number of hydrogen-bond donors (Lipinski definition) is 2. The summed E-state index contributed by atoms with van der Waals surface area (Å²) in [6, 6.07) is -0.563. The highest BCUT2D eigenvalue weighted by atomic mass is 16.6. The summed E-state index contributed by atoms with van der Waals surface area (Å²) in [6.07, 6.45) is -1.96. The molecule has 0 aliphatic carbocycles. The fourth-order valence-corrected chi connectivity index (χ4v) is 1.86. The van der Waals surface area contributed by atoms with Crippen LogP contribution in [0.15, 0.2) is 0 Å². The summed E-state index contributed by atoms with van der Waals surface area (Å²) in [5.41, 5.74) is -1.21. The third-order valence-corrected chi connectivity index (χ3v) is 2.64. The van der Waals surface area contributed by atoms with Gasteiger partial charge in [0.1, 0.15) is 11.2 Å². The Bertz CT molecular complexity index is 397. The number of rotatable bonds is 1. The van der Waals surface area contributed by atoms with Crippen molar-refractivity contribution in [2.45, 2.75) is 64.9 Å². The van der Waals surface area contributed by atoms with Gasteiger partial charge in [0.15, 0.2) is 0 Å². The van der Waals surface area contributed by atoms with Crippen molar-refractivity contribution in [1.29, 1.82) is 0 Å². The van der Waals surface area contributed by atoms with Crippen LogP contribution in [-0.4, -0.2) is 58.6 Å². The lowest BCUT2D eigenvalue weighted by atomic mass is 10.2. The molecule has 7 heteroatoms. The molecule has 0 aromatic carbocycles. The van der Waals surface area contributed by atoms with E-state index in [1.165, 1.54) is 4.90 Å². The number of likely N-dealkylation sites (tertiary alicyclic amines) is 1. The normalized spacial score (nSPS) is 22.9. The molecule has 0 radical (unpaired) electrons. The Labute approximate surface area is 125 Å². The zero-order valence-electron chi connectivity index (χ0n) is 13.6. The standard InChI is InChI=1S/C14H26N2O5/c1-13(2,3)20-11(18)15-9-7-16(8-10(9)17)12(19)21-14(4,5)6/h9-10,17H,7-8H2,1-6H3,(H,15,18). The van der Waals surface area contributed by atoms with E-state index in [0.29, 0.717) is 0 Å². The fourth-order valence-electron chi connectivity index (χ4n) is 1.86. The number of carbonyl (C=O) groups excluding carboxylic acids is 2. The first-order valence-corrected chi connectivity index (χ1v) is 7.03. The van der Waals surface area contributed by atoms with Crippen molar-refractivity contribution in [3.05, 3.63) is 0 Å². The number of alkyl carbamates (subject to hydrolysis) is 1. The number of β-amino-alcohol motifs (C(OH)–C–C–N with tert-alkyl or cyclic N) is 1. The predicted molar refractivity (Wildman–Crippen MR) is 77.0 cm³/mol. The summed E-state index contributed by atoms with van der Waals surface area (Å²) in [6.45, 7) is 10.9. The van der Waals surface area contributed by atoms with Crippen LogP contribution in [0.1, 0.15) is 41.5 Å². The second-order valence-corrected chi connectivity index (χ2v) is 7.21. The topological polar surface area (TPSA) is 88.1 Å². The minimum absolute atomic E-state index is 0.120. The van der Waals surface area contributed by atoms with Crippen LogP contribution in [0.3, 0.4) is 0 Å². The number of aliphatic hydroxyl groups excluding tert-OH is 1. The molecule has 0 saturated carbocycles. The number of nitrogens with zero attached hydrogens (tertiary/aromatic N) is 1. The van der Waals surface area contributed by atoms with Gasteiger partial charge in [-0.3, -0.25) is 0 Å². The summed E-state index contributed by atoms with van der Waals surface area (Å²) in [5, 5.41) is 12.5. The Balaban J connectivity index is 2.53. The molecule has 2 atom stereocenters. The lowest BCUT2D eigenvalue weighted by Gasteiger charge is -2.24. The lowest BCUT2D eigenvalue weighted by Crippen LogP contribution is -2.45. The van der Waals surface area contributed by atoms with Crippen LogP contribution in [0.4, 0.5) is 9.59 Å². The fraction of sp³-hybridized carbons (Fsp3) is 0.857. The smallest absolute Gasteiger partial charge is 0.410 e. The van der Waals surface area contributed by atoms with Gasteiger partial charge >= 0.3 is 12.2 Å². The van der Waals surface area contributed by atoms with Crippen LogP contribution in [0.5, 0.6) is 0 Å². The Kier molecular flexibility index (Phi) is 5.09. The molecule has 1 saturated heterocycles. The van der Waals surface area contributed by atoms with Crippen LogP contribution < -0.4 is 5.32 Å². The van der Waals surface area contributed by atoms with E-state index in [1.807, 2.05) is 0 Å². The summed E-state index contributed by atoms with van der Waals surface area (Å²) >= 11 is 0. The third kappa shape index (κ3) is 6.20. The van der Waals surface area contributed by atoms with Crippen molar-refractivity contribution >= 4 is 12.2 Å². The van der Waals surface area contributed by atoms with Gasteiger partial charge in [-0.05, 0) is 41.5 Å². The van der Waals surface area contributed by atoms with E-state index < -0.39 is 35.5 Å². The molecule has 21 heavy (non-hydrogen) atoms. The van der Waals surface area contributed by atoms with Crippen LogP contribution in [0.25, 0.3) is 0 Å². The zero-order chi connectivity index (χ0) is 16.4. The maximum atomic E-state index is 11.9. The summed E-state index contributed by atoms with van der Waals surface area (Å²) in [5.74, 6) is 0. The van der Waals surface area contributed by atoms with Crippen molar-refractivity contribution in [3.63, 3.8) is 0 Å². The monoisotopic (exact) mass is 302 g/mol. The Hall–Kier alpha value is -1.50. The van der Waals surface area contributed by atoms with Crippen molar-refractivity contribution in [2.75, 3.05) is 13.1 Å². The highest BCUT2D eigenvalue weighted by molar-refractivity contribution is 5.70. The molecule has 0 aromatic heterocycles. The van der Waals surface area contributed by atoms with Gasteiger partial charge < -0.3 is 24.8 Å². The van der Waals surface area contributed by atoms with Crippen molar-refractivity contribution in [1.82, 2.24) is 10.2 Å². The molecule has 1 fully saturated rings. The van der Waals surface area contributed by atoms with Gasteiger partial charge in [0, 0.05) is 6.54 Å². The van der Waals surface area contributed by atoms with Gasteiger partial charge in [-0.1, -0.05) is 0 Å². The van der Waals surface area contributed by atoms with Crippen LogP contribution in [0, 0.1) is 0 Å². The molecule has 1 aliphatic heterocycles. The minimum atomic E-state index is -0.843. The van der Waals surface area contributed by atoms with Gasteiger partial charge in [0.25, 0.3) is 0 Å². The molecule has 122 valence electrons. The van der Waals surface area contributed by atoms with Crippen LogP contribution >= 0.6 is 0 Å². The molecular formula is C14H26N2O5. The number of carbonyl (C=O) groups is 2. The van der Waals surface area contributed by atoms with Gasteiger partial charge in [-0.25, -0.2) is 9.59 Å². The lowest BCUT2D eigenvalue weighted by molar-refractivity contribution is 0.0268. The SMILES string of the molecule is CC(C)(C)OC(=O)NC1CN(C(=O)OC(C)(C)C)CC1O. The summed E-state index contributed by atoms with van der Waals surface area (Å²) < 4.78 is 10.4. The Morgan fingerprint density at radius 3 is 2.05 bits per heavy atom. The van der Waals surface area contributed by atoms with Gasteiger partial charge in [0.05, 0.1) is 18.7 Å². The molecule has 2 unspecified atom stereocenters. The number of aliphatic hydroxyl groups is 1. The molecular weight excluding hydrogens is 276 g/mol. The van der Waals surface area contributed by atoms with E-state index >= 15 is 0 Å². The quantitative estimate of drug-likeness (QED) is 0.766. The number of nitrogens with one attached hydrogen (secondary N) is 1. The third-order valence-electron chi connectivity index (χ3n) is 2.64. The van der Waals surface area contributed by atoms with Gasteiger partial charge in [0.2, 0.25) is 0 Å². The molecule has 0 aromatic rings. The Morgan fingerprint density at radius 2 is 1.57 bits per heavy atom. The first-order chi connectivity index (χ1) is 9.37. The first-order valence-electron chi connectivity index (χ1n) is 7.03. The molecule has 2 amide bonds. The highest BCUT2D eigenvalue weighted by Gasteiger charge is 2.37. The van der Waals surface area contributed by atoms with E-state index in [-0.39, 0.29) is 13.1 Å². The predicted octanol–water partition coefficient (Wildman–Crippen LogP) is 1.49. The number of ether oxygens (including phenoxy) is 2. The molecule has 0 spiro atoms. The molecule has 1 rings (SSSR count).